The molecule has 0 radical (unpaired) electrons. The first-order valence-corrected chi connectivity index (χ1v) is 5.06. The molecule has 2 aromatic rings. The number of nitrogens with zero attached hydrogens (tertiary/aromatic N) is 2. The summed E-state index contributed by atoms with van der Waals surface area (Å²) >= 11 is 0. The lowest BCUT2D eigenvalue weighted by atomic mass is 9.99. The number of carbonyl (C=O) groups is 1. The molecule has 4 heteroatoms. The summed E-state index contributed by atoms with van der Waals surface area (Å²) in [5, 5.41) is 5.18. The van der Waals surface area contributed by atoms with Crippen molar-refractivity contribution in [2.45, 2.75) is 13.8 Å². The zero-order chi connectivity index (χ0) is 11.9. The minimum Gasteiger partial charge on any atom is -0.465 e. The van der Waals surface area contributed by atoms with Gasteiger partial charge < -0.3 is 4.74 Å². The van der Waals surface area contributed by atoms with Crippen molar-refractivity contribution in [1.82, 2.24) is 9.78 Å². The molecular formula is C12H14N2O2. The average molecular weight is 218 g/mol. The van der Waals surface area contributed by atoms with Crippen LogP contribution in [0.1, 0.15) is 21.5 Å². The van der Waals surface area contributed by atoms with Gasteiger partial charge in [-0.2, -0.15) is 5.10 Å². The van der Waals surface area contributed by atoms with Gasteiger partial charge in [-0.25, -0.2) is 4.79 Å². The molecular weight excluding hydrogens is 204 g/mol. The van der Waals surface area contributed by atoms with Crippen molar-refractivity contribution in [2.24, 2.45) is 7.05 Å². The monoisotopic (exact) mass is 218 g/mol. The average Bonchev–Trinajstić information content (AvgIpc) is 2.60. The van der Waals surface area contributed by atoms with Gasteiger partial charge in [-0.05, 0) is 31.0 Å². The van der Waals surface area contributed by atoms with Crippen molar-refractivity contribution < 1.29 is 9.53 Å². The standard InChI is InChI=1S/C12H14N2O2/c1-7-5-10-9(6-13-14(10)3)8(2)11(7)12(15)16-4/h5-6H,1-4H3. The summed E-state index contributed by atoms with van der Waals surface area (Å²) in [5.41, 5.74) is 3.51. The van der Waals surface area contributed by atoms with Crippen LogP contribution in [0.4, 0.5) is 0 Å². The Balaban J connectivity index is 2.81. The molecule has 4 nitrogen and oxygen atoms in total. The number of methoxy groups -OCH3 is 1. The van der Waals surface area contributed by atoms with Gasteiger partial charge in [-0.1, -0.05) is 0 Å². The van der Waals surface area contributed by atoms with Gasteiger partial charge >= 0.3 is 5.97 Å². The predicted molar refractivity (Wildman–Crippen MR) is 61.5 cm³/mol. The molecule has 0 saturated carbocycles. The van der Waals surface area contributed by atoms with Crippen LogP contribution in [0.2, 0.25) is 0 Å². The zero-order valence-electron chi connectivity index (χ0n) is 9.87. The van der Waals surface area contributed by atoms with E-state index in [0.717, 1.165) is 22.0 Å². The van der Waals surface area contributed by atoms with Gasteiger partial charge in [0.25, 0.3) is 0 Å². The fraction of sp³-hybridized carbons (Fsp3) is 0.333. The Morgan fingerprint density at radius 1 is 1.44 bits per heavy atom. The van der Waals surface area contributed by atoms with E-state index >= 15 is 0 Å². The lowest BCUT2D eigenvalue weighted by molar-refractivity contribution is 0.0599. The number of carbonyl (C=O) groups excluding carboxylic acids is 1. The molecule has 0 atom stereocenters. The number of fused-ring (bicyclic) bond motifs is 1. The number of ether oxygens (including phenoxy) is 1. The van der Waals surface area contributed by atoms with Crippen LogP contribution < -0.4 is 0 Å². The molecule has 0 aliphatic carbocycles. The third-order valence-corrected chi connectivity index (χ3v) is 2.90. The fourth-order valence-electron chi connectivity index (χ4n) is 2.03. The topological polar surface area (TPSA) is 44.1 Å². The third-order valence-electron chi connectivity index (χ3n) is 2.90. The van der Waals surface area contributed by atoms with Crippen molar-refractivity contribution in [3.63, 3.8) is 0 Å². The summed E-state index contributed by atoms with van der Waals surface area (Å²) in [4.78, 5) is 11.7. The fourth-order valence-corrected chi connectivity index (χ4v) is 2.03. The van der Waals surface area contributed by atoms with Gasteiger partial charge in [-0.15, -0.1) is 0 Å². The van der Waals surface area contributed by atoms with Crippen LogP contribution in [0.15, 0.2) is 12.3 Å². The van der Waals surface area contributed by atoms with Crippen molar-refractivity contribution in [1.29, 1.82) is 0 Å². The molecule has 0 N–H and O–H groups in total. The van der Waals surface area contributed by atoms with Gasteiger partial charge in [0.1, 0.15) is 0 Å². The molecule has 84 valence electrons. The Bertz CT molecular complexity index is 570. The maximum Gasteiger partial charge on any atom is 0.338 e. The molecule has 16 heavy (non-hydrogen) atoms. The highest BCUT2D eigenvalue weighted by Crippen LogP contribution is 2.25. The second-order valence-electron chi connectivity index (χ2n) is 3.89. The summed E-state index contributed by atoms with van der Waals surface area (Å²) in [6, 6.07) is 1.96. The van der Waals surface area contributed by atoms with E-state index in [1.807, 2.05) is 27.0 Å². The van der Waals surface area contributed by atoms with Crippen LogP contribution in [0.25, 0.3) is 10.9 Å². The normalized spacial score (nSPS) is 10.8. The van der Waals surface area contributed by atoms with E-state index in [1.54, 1.807) is 10.9 Å². The van der Waals surface area contributed by atoms with E-state index in [9.17, 15) is 4.79 Å². The Kier molecular flexibility index (Phi) is 2.42. The van der Waals surface area contributed by atoms with Crippen LogP contribution >= 0.6 is 0 Å². The van der Waals surface area contributed by atoms with Crippen molar-refractivity contribution >= 4 is 16.9 Å². The van der Waals surface area contributed by atoms with E-state index in [4.69, 9.17) is 4.74 Å². The maximum absolute atomic E-state index is 11.7. The molecule has 0 aliphatic heterocycles. The van der Waals surface area contributed by atoms with Crippen LogP contribution in [0, 0.1) is 13.8 Å². The Morgan fingerprint density at radius 2 is 2.12 bits per heavy atom. The molecule has 2 rings (SSSR count). The minimum absolute atomic E-state index is 0.291. The van der Waals surface area contributed by atoms with Crippen LogP contribution in [0.3, 0.4) is 0 Å². The summed E-state index contributed by atoms with van der Waals surface area (Å²) in [6.45, 7) is 3.83. The Morgan fingerprint density at radius 3 is 2.75 bits per heavy atom. The largest absolute Gasteiger partial charge is 0.465 e. The first kappa shape index (κ1) is 10.7. The maximum atomic E-state index is 11.7. The number of benzene rings is 1. The Labute approximate surface area is 93.8 Å². The van der Waals surface area contributed by atoms with E-state index in [2.05, 4.69) is 5.10 Å². The SMILES string of the molecule is COC(=O)c1c(C)cc2c(cnn2C)c1C. The van der Waals surface area contributed by atoms with Crippen LogP contribution in [-0.4, -0.2) is 22.9 Å². The van der Waals surface area contributed by atoms with Gasteiger partial charge in [0.2, 0.25) is 0 Å². The molecule has 0 amide bonds. The molecule has 1 aromatic heterocycles. The minimum atomic E-state index is -0.291. The third kappa shape index (κ3) is 1.38. The highest BCUT2D eigenvalue weighted by molar-refractivity contribution is 5.99. The molecule has 0 unspecified atom stereocenters. The summed E-state index contributed by atoms with van der Waals surface area (Å²) in [5.74, 6) is -0.291. The van der Waals surface area contributed by atoms with Crippen LogP contribution in [-0.2, 0) is 11.8 Å². The van der Waals surface area contributed by atoms with Crippen molar-refractivity contribution in [3.8, 4) is 0 Å². The summed E-state index contributed by atoms with van der Waals surface area (Å²) < 4.78 is 6.59. The Hall–Kier alpha value is -1.84. The number of hydrogen-bond donors (Lipinski definition) is 0. The van der Waals surface area contributed by atoms with Crippen molar-refractivity contribution in [3.05, 3.63) is 29.0 Å². The summed E-state index contributed by atoms with van der Waals surface area (Å²) in [7, 11) is 3.29. The molecule has 0 aliphatic rings. The van der Waals surface area contributed by atoms with Gasteiger partial charge in [0.05, 0.1) is 24.4 Å². The van der Waals surface area contributed by atoms with E-state index in [1.165, 1.54) is 7.11 Å². The van der Waals surface area contributed by atoms with Gasteiger partial charge in [0, 0.05) is 12.4 Å². The lowest BCUT2D eigenvalue weighted by Crippen LogP contribution is -2.07. The van der Waals surface area contributed by atoms with E-state index in [0.29, 0.717) is 5.56 Å². The van der Waals surface area contributed by atoms with Gasteiger partial charge in [-0.3, -0.25) is 4.68 Å². The number of rotatable bonds is 1. The van der Waals surface area contributed by atoms with Gasteiger partial charge in [0.15, 0.2) is 0 Å². The first-order chi connectivity index (χ1) is 7.56. The molecule has 1 aromatic carbocycles. The lowest BCUT2D eigenvalue weighted by Gasteiger charge is -2.09. The quantitative estimate of drug-likeness (QED) is 0.687. The molecule has 0 saturated heterocycles. The van der Waals surface area contributed by atoms with E-state index in [-0.39, 0.29) is 5.97 Å². The number of hydrogen-bond acceptors (Lipinski definition) is 3. The van der Waals surface area contributed by atoms with Crippen LogP contribution in [0.5, 0.6) is 0 Å². The molecule has 1 heterocycles. The zero-order valence-corrected chi connectivity index (χ0v) is 9.87. The number of aryl methyl sites for hydroxylation is 3. The second-order valence-corrected chi connectivity index (χ2v) is 3.89. The molecule has 0 spiro atoms. The highest BCUT2D eigenvalue weighted by atomic mass is 16.5. The number of aromatic nitrogens is 2. The summed E-state index contributed by atoms with van der Waals surface area (Å²) in [6.07, 6.45) is 1.77. The van der Waals surface area contributed by atoms with Crippen molar-refractivity contribution in [2.75, 3.05) is 7.11 Å². The first-order valence-electron chi connectivity index (χ1n) is 5.06. The molecule has 0 bridgehead atoms. The molecule has 0 fully saturated rings. The van der Waals surface area contributed by atoms with E-state index < -0.39 is 0 Å². The second kappa shape index (κ2) is 3.63. The highest BCUT2D eigenvalue weighted by Gasteiger charge is 2.16. The smallest absolute Gasteiger partial charge is 0.338 e. The predicted octanol–water partition coefficient (Wildman–Crippen LogP) is 1.98. The number of esters is 1.